The third-order valence-electron chi connectivity index (χ3n) is 0.670. The van der Waals surface area contributed by atoms with Gasteiger partial charge in [-0.05, 0) is 0 Å². The van der Waals surface area contributed by atoms with Gasteiger partial charge in [0.15, 0.2) is 0 Å². The Balaban J connectivity index is 3.16. The van der Waals surface area contributed by atoms with Crippen molar-refractivity contribution in [3.63, 3.8) is 0 Å². The topological polar surface area (TPSA) is 52.0 Å². The van der Waals surface area contributed by atoms with Crippen LogP contribution in [0.1, 0.15) is 0 Å². The molecule has 0 fully saturated rings. The third-order valence-corrected chi connectivity index (χ3v) is 1.40. The van der Waals surface area contributed by atoms with Crippen LogP contribution >= 0.6 is 11.9 Å². The van der Waals surface area contributed by atoms with Crippen LogP contribution in [0, 0.1) is 0 Å². The van der Waals surface area contributed by atoms with Crippen LogP contribution in [0.5, 0.6) is 0 Å². The van der Waals surface area contributed by atoms with E-state index in [9.17, 15) is 0 Å². The second-order valence-electron chi connectivity index (χ2n) is 1.15. The van der Waals surface area contributed by atoms with Crippen molar-refractivity contribution in [1.29, 1.82) is 0 Å². The lowest BCUT2D eigenvalue weighted by molar-refractivity contribution is 1.03. The molecule has 0 aromatic carbocycles. The van der Waals surface area contributed by atoms with Gasteiger partial charge in [0.2, 0.25) is 0 Å². The molecule has 2 nitrogen and oxygen atoms in total. The van der Waals surface area contributed by atoms with Gasteiger partial charge < -0.3 is 5.73 Å². The zero-order valence-corrected chi connectivity index (χ0v) is 4.95. The highest BCUT2D eigenvalue weighted by molar-refractivity contribution is 7.97. The summed E-state index contributed by atoms with van der Waals surface area (Å²) in [6.07, 6.45) is 1.74. The lowest BCUT2D eigenvalue weighted by Gasteiger charge is -2.00. The number of hydrogen-bond donors (Lipinski definition) is 2. The largest absolute Gasteiger partial charge is 0.329 e. The first-order valence-corrected chi connectivity index (χ1v) is 2.97. The number of nitrogens with two attached hydrogens (primary N) is 2. The zero-order chi connectivity index (χ0) is 5.70. The molecule has 0 amide bonds. The van der Waals surface area contributed by atoms with E-state index < -0.39 is 0 Å². The van der Waals surface area contributed by atoms with E-state index >= 15 is 0 Å². The van der Waals surface area contributed by atoms with Crippen LogP contribution < -0.4 is 10.9 Å². The highest BCUT2D eigenvalue weighted by Gasteiger charge is 1.94. The maximum atomic E-state index is 5.22. The highest BCUT2D eigenvalue weighted by atomic mass is 32.2. The average molecular weight is 118 g/mol. The summed E-state index contributed by atoms with van der Waals surface area (Å²) in [5.41, 5.74) is 5.22. The molecule has 4 N–H and O–H groups in total. The first-order valence-electron chi connectivity index (χ1n) is 2.03. The minimum atomic E-state index is 0.222. The van der Waals surface area contributed by atoms with Gasteiger partial charge in [0.05, 0.1) is 0 Å². The van der Waals surface area contributed by atoms with Crippen LogP contribution in [0.15, 0.2) is 12.7 Å². The molecule has 0 aliphatic rings. The molecule has 0 radical (unpaired) electrons. The Morgan fingerprint density at radius 2 is 2.43 bits per heavy atom. The van der Waals surface area contributed by atoms with E-state index in [2.05, 4.69) is 6.58 Å². The van der Waals surface area contributed by atoms with Crippen molar-refractivity contribution in [1.82, 2.24) is 0 Å². The predicted octanol–water partition coefficient (Wildman–Crippen LogP) is 0.107. The van der Waals surface area contributed by atoms with Gasteiger partial charge in [-0.3, -0.25) is 5.14 Å². The highest BCUT2D eigenvalue weighted by Crippen LogP contribution is 1.98. The Labute approximate surface area is 48.1 Å². The zero-order valence-electron chi connectivity index (χ0n) is 4.13. The molecule has 42 valence electrons. The van der Waals surface area contributed by atoms with Crippen molar-refractivity contribution in [2.45, 2.75) is 5.25 Å². The molecule has 0 aliphatic heterocycles. The van der Waals surface area contributed by atoms with Crippen LogP contribution in [-0.2, 0) is 0 Å². The van der Waals surface area contributed by atoms with Gasteiger partial charge in [0, 0.05) is 11.8 Å². The summed E-state index contributed by atoms with van der Waals surface area (Å²) >= 11 is 1.23. The van der Waals surface area contributed by atoms with Gasteiger partial charge >= 0.3 is 0 Å². The molecule has 0 spiro atoms. The molecule has 0 heterocycles. The van der Waals surface area contributed by atoms with Crippen molar-refractivity contribution < 1.29 is 0 Å². The Morgan fingerprint density at radius 3 is 2.43 bits per heavy atom. The van der Waals surface area contributed by atoms with Gasteiger partial charge in [-0.15, -0.1) is 6.58 Å². The second kappa shape index (κ2) is 4.18. The van der Waals surface area contributed by atoms with E-state index in [0.29, 0.717) is 6.54 Å². The van der Waals surface area contributed by atoms with E-state index in [4.69, 9.17) is 10.9 Å². The number of hydrogen-bond acceptors (Lipinski definition) is 3. The Morgan fingerprint density at radius 1 is 1.86 bits per heavy atom. The standard InChI is InChI=1S/C4H10N2S/c1-2-4(3-5)7-6/h2,4H,1,3,5-6H2. The maximum Gasteiger partial charge on any atom is 0.0490 e. The minimum absolute atomic E-state index is 0.222. The average Bonchev–Trinajstić information content (AvgIpc) is 1.72. The Kier molecular flexibility index (Phi) is 4.18. The SMILES string of the molecule is C=CC(CN)SN. The van der Waals surface area contributed by atoms with Crippen LogP contribution in [0.4, 0.5) is 0 Å². The molecular formula is C4H10N2S. The maximum absolute atomic E-state index is 5.22. The smallest absolute Gasteiger partial charge is 0.0490 e. The summed E-state index contributed by atoms with van der Waals surface area (Å²) in [5, 5.41) is 5.38. The van der Waals surface area contributed by atoms with Gasteiger partial charge in [0.1, 0.15) is 0 Å². The fraction of sp³-hybridized carbons (Fsp3) is 0.500. The molecule has 0 rings (SSSR count). The Hall–Kier alpha value is 0.01000. The van der Waals surface area contributed by atoms with Crippen molar-refractivity contribution >= 4 is 11.9 Å². The molecule has 0 aromatic rings. The first-order chi connectivity index (χ1) is 3.35. The molecule has 7 heavy (non-hydrogen) atoms. The summed E-state index contributed by atoms with van der Waals surface area (Å²) in [5.74, 6) is 0. The van der Waals surface area contributed by atoms with Crippen molar-refractivity contribution in [3.05, 3.63) is 12.7 Å². The van der Waals surface area contributed by atoms with E-state index in [0.717, 1.165) is 0 Å². The molecule has 1 unspecified atom stereocenters. The Bertz CT molecular complexity index is 51.7. The summed E-state index contributed by atoms with van der Waals surface area (Å²) in [6, 6.07) is 0. The third kappa shape index (κ3) is 2.68. The van der Waals surface area contributed by atoms with E-state index in [1.54, 1.807) is 6.08 Å². The van der Waals surface area contributed by atoms with E-state index in [1.165, 1.54) is 11.9 Å². The van der Waals surface area contributed by atoms with Crippen LogP contribution in [0.25, 0.3) is 0 Å². The predicted molar refractivity (Wildman–Crippen MR) is 34.8 cm³/mol. The number of rotatable bonds is 3. The monoisotopic (exact) mass is 118 g/mol. The molecule has 0 saturated carbocycles. The molecule has 3 heteroatoms. The van der Waals surface area contributed by atoms with Gasteiger partial charge in [-0.1, -0.05) is 18.0 Å². The molecule has 0 saturated heterocycles. The molecular weight excluding hydrogens is 108 g/mol. The molecule has 1 atom stereocenters. The molecule has 0 bridgehead atoms. The van der Waals surface area contributed by atoms with Crippen LogP contribution in [0.2, 0.25) is 0 Å². The van der Waals surface area contributed by atoms with Gasteiger partial charge in [-0.25, -0.2) is 0 Å². The summed E-state index contributed by atoms with van der Waals surface area (Å²) < 4.78 is 0. The van der Waals surface area contributed by atoms with Crippen LogP contribution in [0.3, 0.4) is 0 Å². The van der Waals surface area contributed by atoms with Crippen molar-refractivity contribution in [2.24, 2.45) is 10.9 Å². The normalized spacial score (nSPS) is 13.4. The summed E-state index contributed by atoms with van der Waals surface area (Å²) in [7, 11) is 0. The first kappa shape index (κ1) is 7.01. The minimum Gasteiger partial charge on any atom is -0.329 e. The van der Waals surface area contributed by atoms with Gasteiger partial charge in [-0.2, -0.15) is 0 Å². The second-order valence-corrected chi connectivity index (χ2v) is 2.02. The fourth-order valence-corrected chi connectivity index (χ4v) is 0.430. The van der Waals surface area contributed by atoms with Gasteiger partial charge in [0.25, 0.3) is 0 Å². The molecule has 0 aliphatic carbocycles. The summed E-state index contributed by atoms with van der Waals surface area (Å²) in [4.78, 5) is 0. The van der Waals surface area contributed by atoms with E-state index in [1.807, 2.05) is 0 Å². The lowest BCUT2D eigenvalue weighted by atomic mass is 10.4. The van der Waals surface area contributed by atoms with E-state index in [-0.39, 0.29) is 5.25 Å². The van der Waals surface area contributed by atoms with Crippen molar-refractivity contribution in [2.75, 3.05) is 6.54 Å². The molecule has 0 aromatic heterocycles. The fourth-order valence-electron chi connectivity index (χ4n) is 0.207. The lowest BCUT2D eigenvalue weighted by Crippen LogP contribution is -2.15. The summed E-state index contributed by atoms with van der Waals surface area (Å²) in [6.45, 7) is 4.10. The van der Waals surface area contributed by atoms with Crippen molar-refractivity contribution in [3.8, 4) is 0 Å². The van der Waals surface area contributed by atoms with Crippen LogP contribution in [-0.4, -0.2) is 11.8 Å². The quantitative estimate of drug-likeness (QED) is 0.408.